The van der Waals surface area contributed by atoms with Crippen molar-refractivity contribution < 1.29 is 4.79 Å². The first-order valence-electron chi connectivity index (χ1n) is 11.0. The molecule has 1 saturated carbocycles. The Morgan fingerprint density at radius 2 is 2.03 bits per heavy atom. The molecule has 164 valence electrons. The summed E-state index contributed by atoms with van der Waals surface area (Å²) in [5, 5.41) is 6.59. The SMILES string of the molecule is CCNC(=NCCC(=O)NC1CCCCC1)N1CCC(C)C(n2ccnc2)C1.I. The zero-order chi connectivity index (χ0) is 19.8. The quantitative estimate of drug-likeness (QED) is 0.346. The second-order valence-corrected chi connectivity index (χ2v) is 8.18. The number of hydrogen-bond acceptors (Lipinski definition) is 3. The Kier molecular flexibility index (Phi) is 10.2. The van der Waals surface area contributed by atoms with Gasteiger partial charge in [-0.3, -0.25) is 9.79 Å². The number of aromatic nitrogens is 2. The second-order valence-electron chi connectivity index (χ2n) is 8.18. The van der Waals surface area contributed by atoms with Crippen LogP contribution in [0.25, 0.3) is 0 Å². The van der Waals surface area contributed by atoms with Gasteiger partial charge < -0.3 is 20.1 Å². The van der Waals surface area contributed by atoms with Crippen LogP contribution in [0.5, 0.6) is 0 Å². The van der Waals surface area contributed by atoms with Crippen molar-refractivity contribution in [1.82, 2.24) is 25.1 Å². The molecule has 2 N–H and O–H groups in total. The summed E-state index contributed by atoms with van der Waals surface area (Å²) in [5.74, 6) is 1.66. The molecule has 2 atom stereocenters. The maximum absolute atomic E-state index is 12.3. The van der Waals surface area contributed by atoms with Crippen LogP contribution in [0.1, 0.15) is 64.8 Å². The molecule has 0 bridgehead atoms. The van der Waals surface area contributed by atoms with Gasteiger partial charge >= 0.3 is 0 Å². The van der Waals surface area contributed by atoms with Gasteiger partial charge in [0, 0.05) is 44.5 Å². The third kappa shape index (κ3) is 7.15. The molecule has 1 saturated heterocycles. The lowest BCUT2D eigenvalue weighted by atomic mass is 9.93. The highest BCUT2D eigenvalue weighted by molar-refractivity contribution is 14.0. The van der Waals surface area contributed by atoms with E-state index < -0.39 is 0 Å². The third-order valence-corrected chi connectivity index (χ3v) is 6.03. The molecule has 2 unspecified atom stereocenters. The van der Waals surface area contributed by atoms with Gasteiger partial charge in [0.05, 0.1) is 18.9 Å². The lowest BCUT2D eigenvalue weighted by molar-refractivity contribution is -0.121. The molecule has 2 heterocycles. The van der Waals surface area contributed by atoms with E-state index in [1.807, 2.05) is 18.7 Å². The standard InChI is InChI=1S/C21H36N6O.HI/c1-3-23-21(24-11-9-20(28)25-18-7-5-4-6-8-18)26-13-10-17(2)19(15-26)27-14-12-22-16-27;/h12,14,16-19H,3-11,13,15H2,1-2H3,(H,23,24)(H,25,28);1H. The summed E-state index contributed by atoms with van der Waals surface area (Å²) >= 11 is 0. The highest BCUT2D eigenvalue weighted by Gasteiger charge is 2.28. The number of likely N-dealkylation sites (tertiary alicyclic amines) is 1. The minimum atomic E-state index is 0. The fraction of sp³-hybridized carbons (Fsp3) is 0.762. The van der Waals surface area contributed by atoms with Crippen LogP contribution in [0.4, 0.5) is 0 Å². The molecular weight excluding hydrogens is 479 g/mol. The van der Waals surface area contributed by atoms with Gasteiger partial charge in [-0.15, -0.1) is 24.0 Å². The van der Waals surface area contributed by atoms with Crippen LogP contribution in [0, 0.1) is 5.92 Å². The van der Waals surface area contributed by atoms with Crippen LogP contribution in [-0.2, 0) is 4.79 Å². The Labute approximate surface area is 192 Å². The molecule has 1 aromatic heterocycles. The topological polar surface area (TPSA) is 74.6 Å². The first-order valence-corrected chi connectivity index (χ1v) is 11.0. The number of hydrogen-bond donors (Lipinski definition) is 2. The number of halogens is 1. The molecule has 1 aliphatic heterocycles. The van der Waals surface area contributed by atoms with E-state index in [0.717, 1.165) is 44.9 Å². The van der Waals surface area contributed by atoms with E-state index in [-0.39, 0.29) is 29.9 Å². The maximum atomic E-state index is 12.3. The Hall–Kier alpha value is -1.32. The molecule has 8 heteroatoms. The van der Waals surface area contributed by atoms with Gasteiger partial charge in [-0.2, -0.15) is 0 Å². The molecular formula is C21H37IN6O. The molecule has 3 rings (SSSR count). The molecule has 2 aliphatic rings. The summed E-state index contributed by atoms with van der Waals surface area (Å²) in [7, 11) is 0. The zero-order valence-electron chi connectivity index (χ0n) is 17.8. The van der Waals surface area contributed by atoms with Crippen LogP contribution in [0.2, 0.25) is 0 Å². The lowest BCUT2D eigenvalue weighted by Gasteiger charge is -2.39. The van der Waals surface area contributed by atoms with E-state index in [2.05, 4.69) is 38.9 Å². The minimum Gasteiger partial charge on any atom is -0.357 e. The van der Waals surface area contributed by atoms with Crippen LogP contribution < -0.4 is 10.6 Å². The Morgan fingerprint density at radius 3 is 2.72 bits per heavy atom. The van der Waals surface area contributed by atoms with Gasteiger partial charge in [-0.1, -0.05) is 26.2 Å². The maximum Gasteiger partial charge on any atom is 0.222 e. The third-order valence-electron chi connectivity index (χ3n) is 6.03. The van der Waals surface area contributed by atoms with E-state index in [4.69, 9.17) is 4.99 Å². The van der Waals surface area contributed by atoms with Crippen molar-refractivity contribution >= 4 is 35.8 Å². The van der Waals surface area contributed by atoms with E-state index in [1.54, 1.807) is 0 Å². The fourth-order valence-corrected chi connectivity index (χ4v) is 4.33. The van der Waals surface area contributed by atoms with Gasteiger partial charge in [0.1, 0.15) is 0 Å². The number of nitrogens with zero attached hydrogens (tertiary/aromatic N) is 4. The second kappa shape index (κ2) is 12.4. The van der Waals surface area contributed by atoms with Crippen LogP contribution >= 0.6 is 24.0 Å². The molecule has 1 aromatic rings. The van der Waals surface area contributed by atoms with Gasteiger partial charge in [-0.05, 0) is 32.1 Å². The number of aliphatic imine (C=N–C) groups is 1. The Morgan fingerprint density at radius 1 is 1.24 bits per heavy atom. The normalized spacial score (nSPS) is 23.4. The average molecular weight is 516 g/mol. The summed E-state index contributed by atoms with van der Waals surface area (Å²) in [6.07, 6.45) is 13.4. The number of carbonyl (C=O) groups is 1. The molecule has 1 aliphatic carbocycles. The first kappa shape index (κ1) is 24.0. The van der Waals surface area contributed by atoms with Crippen molar-refractivity contribution in [3.05, 3.63) is 18.7 Å². The van der Waals surface area contributed by atoms with Crippen molar-refractivity contribution in [2.45, 2.75) is 70.9 Å². The van der Waals surface area contributed by atoms with E-state index in [1.165, 1.54) is 19.3 Å². The van der Waals surface area contributed by atoms with Gasteiger partial charge in [0.15, 0.2) is 5.96 Å². The summed E-state index contributed by atoms with van der Waals surface area (Å²) in [6, 6.07) is 0.771. The Balaban J connectivity index is 0.00000300. The number of guanidine groups is 1. The molecule has 1 amide bonds. The van der Waals surface area contributed by atoms with Crippen molar-refractivity contribution in [1.29, 1.82) is 0 Å². The van der Waals surface area contributed by atoms with Crippen LogP contribution in [0.15, 0.2) is 23.7 Å². The minimum absolute atomic E-state index is 0. The predicted molar refractivity (Wildman–Crippen MR) is 128 cm³/mol. The monoisotopic (exact) mass is 516 g/mol. The fourth-order valence-electron chi connectivity index (χ4n) is 4.33. The highest BCUT2D eigenvalue weighted by atomic mass is 127. The molecule has 29 heavy (non-hydrogen) atoms. The van der Waals surface area contributed by atoms with Crippen LogP contribution in [-0.4, -0.2) is 58.5 Å². The van der Waals surface area contributed by atoms with Crippen molar-refractivity contribution in [2.24, 2.45) is 10.9 Å². The van der Waals surface area contributed by atoms with Crippen LogP contribution in [0.3, 0.4) is 0 Å². The zero-order valence-corrected chi connectivity index (χ0v) is 20.2. The number of piperidine rings is 1. The predicted octanol–water partition coefficient (Wildman–Crippen LogP) is 3.19. The average Bonchev–Trinajstić information content (AvgIpc) is 3.23. The molecule has 0 aromatic carbocycles. The molecule has 0 radical (unpaired) electrons. The summed E-state index contributed by atoms with van der Waals surface area (Å²) < 4.78 is 2.21. The summed E-state index contributed by atoms with van der Waals surface area (Å²) in [4.78, 5) is 23.5. The van der Waals surface area contributed by atoms with E-state index in [0.29, 0.717) is 31.0 Å². The number of rotatable bonds is 6. The number of carbonyl (C=O) groups excluding carboxylic acids is 1. The summed E-state index contributed by atoms with van der Waals surface area (Å²) in [5.41, 5.74) is 0. The van der Waals surface area contributed by atoms with Crippen molar-refractivity contribution in [3.63, 3.8) is 0 Å². The first-order chi connectivity index (χ1) is 13.7. The summed E-state index contributed by atoms with van der Waals surface area (Å²) in [6.45, 7) is 7.66. The largest absolute Gasteiger partial charge is 0.357 e. The molecule has 2 fully saturated rings. The molecule has 0 spiro atoms. The van der Waals surface area contributed by atoms with Gasteiger partial charge in [-0.25, -0.2) is 4.98 Å². The van der Waals surface area contributed by atoms with Gasteiger partial charge in [0.25, 0.3) is 0 Å². The number of imidazole rings is 1. The number of nitrogens with one attached hydrogen (secondary N) is 2. The van der Waals surface area contributed by atoms with Gasteiger partial charge in [0.2, 0.25) is 5.91 Å². The molecule has 7 nitrogen and oxygen atoms in total. The number of amides is 1. The van der Waals surface area contributed by atoms with Crippen molar-refractivity contribution in [3.8, 4) is 0 Å². The van der Waals surface area contributed by atoms with Crippen molar-refractivity contribution in [2.75, 3.05) is 26.2 Å². The lowest BCUT2D eigenvalue weighted by Crippen LogP contribution is -2.49. The van der Waals surface area contributed by atoms with E-state index in [9.17, 15) is 4.79 Å². The smallest absolute Gasteiger partial charge is 0.222 e. The highest BCUT2D eigenvalue weighted by Crippen LogP contribution is 2.27. The Bertz CT molecular complexity index is 629. The van der Waals surface area contributed by atoms with E-state index >= 15 is 0 Å².